The summed E-state index contributed by atoms with van der Waals surface area (Å²) in [7, 11) is 4.78. The average Bonchev–Trinajstić information content (AvgIpc) is 3.00. The van der Waals surface area contributed by atoms with E-state index in [0.29, 0.717) is 45.0 Å². The molecule has 9 heteroatoms. The maximum atomic E-state index is 14.5. The Labute approximate surface area is 250 Å². The van der Waals surface area contributed by atoms with Crippen LogP contribution in [-0.4, -0.2) is 38.7 Å². The number of hydrogen-bond donors (Lipinski definition) is 2. The fraction of sp³-hybridized carbons (Fsp3) is 0.235. The van der Waals surface area contributed by atoms with E-state index in [-0.39, 0.29) is 11.7 Å². The molecule has 43 heavy (non-hydrogen) atoms. The van der Waals surface area contributed by atoms with Gasteiger partial charge in [-0.1, -0.05) is 12.1 Å². The molecule has 0 saturated heterocycles. The molecule has 4 aromatic carbocycles. The number of methoxy groups -OCH3 is 2. The second-order valence-corrected chi connectivity index (χ2v) is 11.0. The van der Waals surface area contributed by atoms with Gasteiger partial charge in [0.05, 0.1) is 37.2 Å². The van der Waals surface area contributed by atoms with E-state index in [1.807, 2.05) is 32.9 Å². The number of amides is 1. The fourth-order valence-corrected chi connectivity index (χ4v) is 5.48. The van der Waals surface area contributed by atoms with Crippen molar-refractivity contribution in [3.63, 3.8) is 0 Å². The minimum atomic E-state index is -0.841. The molecule has 4 aromatic rings. The van der Waals surface area contributed by atoms with Gasteiger partial charge in [0.2, 0.25) is 0 Å². The quantitative estimate of drug-likeness (QED) is 0.196. The van der Waals surface area contributed by atoms with Gasteiger partial charge in [0.1, 0.15) is 28.6 Å². The number of benzene rings is 4. The van der Waals surface area contributed by atoms with Gasteiger partial charge in [-0.25, -0.2) is 9.18 Å². The summed E-state index contributed by atoms with van der Waals surface area (Å²) in [5.41, 5.74) is 11.1. The zero-order valence-electron chi connectivity index (χ0n) is 24.9. The number of carbonyl (C=O) groups excluding carboxylic acids is 2. The largest absolute Gasteiger partial charge is 0.497 e. The summed E-state index contributed by atoms with van der Waals surface area (Å²) in [4.78, 5) is 27.8. The number of nitrogens with two attached hydrogens (primary N) is 1. The number of nitrogens with one attached hydrogen (secondary N) is 1. The number of hydrogen-bond acceptors (Lipinski definition) is 7. The second-order valence-electron chi connectivity index (χ2n) is 11.0. The van der Waals surface area contributed by atoms with E-state index in [1.165, 1.54) is 19.2 Å². The van der Waals surface area contributed by atoms with Gasteiger partial charge in [-0.15, -0.1) is 0 Å². The van der Waals surface area contributed by atoms with Crippen LogP contribution in [0.15, 0.2) is 72.8 Å². The number of aryl methyl sites for hydroxylation is 1. The molecule has 3 N–H and O–H groups in total. The summed E-state index contributed by atoms with van der Waals surface area (Å²) >= 11 is 0. The van der Waals surface area contributed by atoms with Crippen LogP contribution in [0, 0.1) is 12.7 Å². The Balaban J connectivity index is 1.63. The molecular formula is C34H34FN3O5. The number of rotatable bonds is 7. The van der Waals surface area contributed by atoms with Gasteiger partial charge in [-0.3, -0.25) is 4.79 Å². The lowest BCUT2D eigenvalue weighted by Crippen LogP contribution is -2.53. The van der Waals surface area contributed by atoms with Crippen molar-refractivity contribution in [2.75, 3.05) is 31.5 Å². The van der Waals surface area contributed by atoms with Crippen LogP contribution in [0.25, 0.3) is 11.1 Å². The highest BCUT2D eigenvalue weighted by Crippen LogP contribution is 2.48. The highest BCUT2D eigenvalue weighted by molar-refractivity contribution is 6.09. The Bertz CT molecular complexity index is 1720. The number of carbonyl (C=O) groups is 2. The van der Waals surface area contributed by atoms with Gasteiger partial charge in [0, 0.05) is 24.2 Å². The van der Waals surface area contributed by atoms with Crippen LogP contribution in [0.1, 0.15) is 46.9 Å². The molecule has 222 valence electrons. The third kappa shape index (κ3) is 5.51. The summed E-state index contributed by atoms with van der Waals surface area (Å²) in [6, 6.07) is 19.1. The lowest BCUT2D eigenvalue weighted by atomic mass is 9.85. The Morgan fingerprint density at radius 2 is 1.60 bits per heavy atom. The molecule has 0 spiro atoms. The monoisotopic (exact) mass is 583 g/mol. The number of nitrogens with zero attached hydrogens (tertiary/aromatic N) is 1. The number of anilines is 2. The topological polar surface area (TPSA) is 103 Å². The standard InChI is InChI=1S/C34H34FN3O5/c1-19-7-10-21(35)17-26(19)30(36)29-25(15-16-27-31(29)38(4)33(40)34(2,3)37-27)24-14-13-23(18-28(24)42-6)43-32(39)20-8-11-22(41-5)12-9-20/h7-18,30,37H,36H2,1-6H3. The fourth-order valence-electron chi connectivity index (χ4n) is 5.48. The first-order valence-electron chi connectivity index (χ1n) is 13.7. The third-order valence-corrected chi connectivity index (χ3v) is 7.73. The number of likely N-dealkylation sites (N-methyl/N-ethyl adjacent to an activating group) is 1. The van der Waals surface area contributed by atoms with Gasteiger partial charge in [-0.2, -0.15) is 0 Å². The lowest BCUT2D eigenvalue weighted by Gasteiger charge is -2.40. The van der Waals surface area contributed by atoms with E-state index >= 15 is 0 Å². The highest BCUT2D eigenvalue weighted by atomic mass is 19.1. The second kappa shape index (κ2) is 11.4. The van der Waals surface area contributed by atoms with Gasteiger partial charge in [-0.05, 0) is 92.1 Å². The third-order valence-electron chi connectivity index (χ3n) is 7.73. The van der Waals surface area contributed by atoms with E-state index in [2.05, 4.69) is 5.32 Å². The molecule has 1 amide bonds. The molecule has 0 saturated carbocycles. The number of halogens is 1. The van der Waals surface area contributed by atoms with Crippen LogP contribution in [0.3, 0.4) is 0 Å². The number of esters is 1. The summed E-state index contributed by atoms with van der Waals surface area (Å²) in [6.45, 7) is 5.49. The van der Waals surface area contributed by atoms with Crippen molar-refractivity contribution in [3.05, 3.63) is 101 Å². The first-order valence-corrected chi connectivity index (χ1v) is 13.7. The molecule has 1 heterocycles. The summed E-state index contributed by atoms with van der Waals surface area (Å²) < 4.78 is 31.0. The minimum Gasteiger partial charge on any atom is -0.497 e. The van der Waals surface area contributed by atoms with E-state index in [1.54, 1.807) is 67.6 Å². The number of ether oxygens (including phenoxy) is 3. The van der Waals surface area contributed by atoms with Crippen molar-refractivity contribution < 1.29 is 28.2 Å². The predicted octanol–water partition coefficient (Wildman–Crippen LogP) is 6.25. The Kier molecular flexibility index (Phi) is 7.86. The molecule has 0 aliphatic carbocycles. The van der Waals surface area contributed by atoms with Crippen LogP contribution in [0.4, 0.5) is 15.8 Å². The smallest absolute Gasteiger partial charge is 0.343 e. The maximum absolute atomic E-state index is 14.5. The molecule has 0 radical (unpaired) electrons. The lowest BCUT2D eigenvalue weighted by molar-refractivity contribution is -0.121. The van der Waals surface area contributed by atoms with Crippen LogP contribution in [0.5, 0.6) is 17.2 Å². The summed E-state index contributed by atoms with van der Waals surface area (Å²) in [5.74, 6) is 0.232. The predicted molar refractivity (Wildman–Crippen MR) is 165 cm³/mol. The van der Waals surface area contributed by atoms with Crippen LogP contribution in [0.2, 0.25) is 0 Å². The first-order chi connectivity index (χ1) is 20.4. The van der Waals surface area contributed by atoms with Gasteiger partial charge in [0.25, 0.3) is 5.91 Å². The molecule has 0 fully saturated rings. The van der Waals surface area contributed by atoms with Crippen molar-refractivity contribution in [1.29, 1.82) is 0 Å². The summed E-state index contributed by atoms with van der Waals surface area (Å²) in [6.07, 6.45) is 0. The van der Waals surface area contributed by atoms with E-state index in [9.17, 15) is 14.0 Å². The highest BCUT2D eigenvalue weighted by Gasteiger charge is 2.40. The molecule has 1 aliphatic heterocycles. The molecule has 1 aliphatic rings. The van der Waals surface area contributed by atoms with Crippen molar-refractivity contribution in [1.82, 2.24) is 0 Å². The Hall–Kier alpha value is -4.89. The van der Waals surface area contributed by atoms with Gasteiger partial charge in [0.15, 0.2) is 0 Å². The molecule has 8 nitrogen and oxygen atoms in total. The van der Waals surface area contributed by atoms with Gasteiger partial charge >= 0.3 is 5.97 Å². The SMILES string of the molecule is COc1ccc(C(=O)Oc2ccc(-c3ccc4c(c3C(N)c3cc(F)ccc3C)N(C)C(=O)C(C)(C)N4)c(OC)c2)cc1. The van der Waals surface area contributed by atoms with E-state index in [0.717, 1.165) is 11.3 Å². The van der Waals surface area contributed by atoms with E-state index in [4.69, 9.17) is 19.9 Å². The molecule has 0 bridgehead atoms. The first kappa shape index (κ1) is 29.6. The zero-order chi connectivity index (χ0) is 31.1. The summed E-state index contributed by atoms with van der Waals surface area (Å²) in [5, 5.41) is 3.33. The molecule has 1 unspecified atom stereocenters. The van der Waals surface area contributed by atoms with Crippen LogP contribution in [-0.2, 0) is 4.79 Å². The minimum absolute atomic E-state index is 0.144. The molecule has 0 aromatic heterocycles. The molecular weight excluding hydrogens is 549 g/mol. The van der Waals surface area contributed by atoms with Crippen molar-refractivity contribution >= 4 is 23.3 Å². The van der Waals surface area contributed by atoms with Crippen molar-refractivity contribution in [2.24, 2.45) is 5.73 Å². The van der Waals surface area contributed by atoms with Crippen LogP contribution >= 0.6 is 0 Å². The van der Waals surface area contributed by atoms with Gasteiger partial charge < -0.3 is 30.2 Å². The van der Waals surface area contributed by atoms with Crippen LogP contribution < -0.4 is 30.2 Å². The molecule has 1 atom stereocenters. The molecule has 5 rings (SSSR count). The van der Waals surface area contributed by atoms with Crippen molar-refractivity contribution in [2.45, 2.75) is 32.4 Å². The zero-order valence-corrected chi connectivity index (χ0v) is 24.9. The number of fused-ring (bicyclic) bond motifs is 1. The average molecular weight is 584 g/mol. The Morgan fingerprint density at radius 3 is 2.28 bits per heavy atom. The normalized spacial score (nSPS) is 14.4. The Morgan fingerprint density at radius 1 is 0.930 bits per heavy atom. The van der Waals surface area contributed by atoms with E-state index < -0.39 is 23.4 Å². The maximum Gasteiger partial charge on any atom is 0.343 e. The van der Waals surface area contributed by atoms with Crippen molar-refractivity contribution in [3.8, 4) is 28.4 Å².